The van der Waals surface area contributed by atoms with Gasteiger partial charge in [-0.25, -0.2) is 0 Å². The molecule has 1 atom stereocenters. The maximum atomic E-state index is 11.2. The molecule has 0 saturated carbocycles. The maximum absolute atomic E-state index is 11.2. The van der Waals surface area contributed by atoms with E-state index in [9.17, 15) is 4.79 Å². The molecule has 1 aliphatic rings. The molecule has 2 nitrogen and oxygen atoms in total. The molecule has 1 heterocycles. The number of nitrogens with one attached hydrogen (secondary N) is 1. The SMILES string of the molecule is O=C1CCCC(CCCc2ccccc2)N1. The maximum Gasteiger partial charge on any atom is 0.220 e. The van der Waals surface area contributed by atoms with E-state index in [1.165, 1.54) is 5.56 Å². The lowest BCUT2D eigenvalue weighted by Crippen LogP contribution is -2.38. The lowest BCUT2D eigenvalue weighted by atomic mass is 9.98. The molecule has 0 aromatic heterocycles. The smallest absolute Gasteiger partial charge is 0.220 e. The van der Waals surface area contributed by atoms with Crippen LogP contribution in [0.25, 0.3) is 0 Å². The fourth-order valence-corrected chi connectivity index (χ4v) is 2.29. The van der Waals surface area contributed by atoms with Crippen LogP contribution >= 0.6 is 0 Å². The summed E-state index contributed by atoms with van der Waals surface area (Å²) >= 11 is 0. The van der Waals surface area contributed by atoms with Crippen molar-refractivity contribution in [1.82, 2.24) is 5.32 Å². The summed E-state index contributed by atoms with van der Waals surface area (Å²) in [7, 11) is 0. The zero-order valence-corrected chi connectivity index (χ0v) is 9.61. The van der Waals surface area contributed by atoms with Crippen LogP contribution in [0.4, 0.5) is 0 Å². The van der Waals surface area contributed by atoms with Crippen LogP contribution in [-0.2, 0) is 11.2 Å². The van der Waals surface area contributed by atoms with Crippen molar-refractivity contribution in [3.05, 3.63) is 35.9 Å². The fourth-order valence-electron chi connectivity index (χ4n) is 2.29. The number of hydrogen-bond acceptors (Lipinski definition) is 1. The molecule has 0 radical (unpaired) electrons. The first-order valence-electron chi connectivity index (χ1n) is 6.18. The Bertz CT molecular complexity index is 334. The Labute approximate surface area is 97.1 Å². The van der Waals surface area contributed by atoms with Crippen LogP contribution in [0.1, 0.15) is 37.7 Å². The van der Waals surface area contributed by atoms with Crippen molar-refractivity contribution in [2.24, 2.45) is 0 Å². The number of piperidine rings is 1. The summed E-state index contributed by atoms with van der Waals surface area (Å²) < 4.78 is 0. The van der Waals surface area contributed by atoms with Gasteiger partial charge in [0.25, 0.3) is 0 Å². The minimum absolute atomic E-state index is 0.232. The minimum atomic E-state index is 0.232. The molecule has 16 heavy (non-hydrogen) atoms. The highest BCUT2D eigenvalue weighted by Crippen LogP contribution is 2.14. The summed E-state index contributed by atoms with van der Waals surface area (Å²) in [6.07, 6.45) is 6.32. The number of aryl methyl sites for hydroxylation is 1. The summed E-state index contributed by atoms with van der Waals surface area (Å²) in [5.41, 5.74) is 1.39. The third-order valence-electron chi connectivity index (χ3n) is 3.18. The van der Waals surface area contributed by atoms with Gasteiger partial charge < -0.3 is 5.32 Å². The summed E-state index contributed by atoms with van der Waals surface area (Å²) in [5, 5.41) is 3.06. The molecule has 1 unspecified atom stereocenters. The van der Waals surface area contributed by atoms with Gasteiger partial charge in [-0.15, -0.1) is 0 Å². The van der Waals surface area contributed by atoms with Crippen LogP contribution in [0, 0.1) is 0 Å². The van der Waals surface area contributed by atoms with Gasteiger partial charge in [-0.05, 0) is 37.7 Å². The highest BCUT2D eigenvalue weighted by molar-refractivity contribution is 5.76. The van der Waals surface area contributed by atoms with Gasteiger partial charge in [-0.1, -0.05) is 30.3 Å². The van der Waals surface area contributed by atoms with E-state index >= 15 is 0 Å². The van der Waals surface area contributed by atoms with E-state index < -0.39 is 0 Å². The molecule has 1 aromatic rings. The Balaban J connectivity index is 1.70. The second-order valence-corrected chi connectivity index (χ2v) is 4.53. The van der Waals surface area contributed by atoms with Crippen molar-refractivity contribution in [1.29, 1.82) is 0 Å². The monoisotopic (exact) mass is 217 g/mol. The summed E-state index contributed by atoms with van der Waals surface area (Å²) in [4.78, 5) is 11.2. The average Bonchev–Trinajstić information content (AvgIpc) is 2.30. The zero-order chi connectivity index (χ0) is 11.2. The van der Waals surface area contributed by atoms with E-state index in [1.807, 2.05) is 6.07 Å². The van der Waals surface area contributed by atoms with Crippen molar-refractivity contribution < 1.29 is 4.79 Å². The summed E-state index contributed by atoms with van der Waals surface area (Å²) in [5.74, 6) is 0.232. The third-order valence-corrected chi connectivity index (χ3v) is 3.18. The van der Waals surface area contributed by atoms with Crippen LogP contribution in [0.5, 0.6) is 0 Å². The summed E-state index contributed by atoms with van der Waals surface area (Å²) in [6.45, 7) is 0. The van der Waals surface area contributed by atoms with E-state index in [2.05, 4.69) is 29.6 Å². The lowest BCUT2D eigenvalue weighted by Gasteiger charge is -2.23. The molecule has 0 aliphatic carbocycles. The molecule has 1 fully saturated rings. The van der Waals surface area contributed by atoms with Crippen LogP contribution in [0.2, 0.25) is 0 Å². The number of hydrogen-bond donors (Lipinski definition) is 1. The third kappa shape index (κ3) is 3.37. The molecule has 0 spiro atoms. The van der Waals surface area contributed by atoms with Gasteiger partial charge in [0.2, 0.25) is 5.91 Å². The summed E-state index contributed by atoms with van der Waals surface area (Å²) in [6, 6.07) is 11.0. The van der Waals surface area contributed by atoms with E-state index in [0.717, 1.165) is 38.5 Å². The van der Waals surface area contributed by atoms with Gasteiger partial charge in [0.05, 0.1) is 0 Å². The highest BCUT2D eigenvalue weighted by atomic mass is 16.1. The highest BCUT2D eigenvalue weighted by Gasteiger charge is 2.17. The van der Waals surface area contributed by atoms with E-state index in [-0.39, 0.29) is 5.91 Å². The Morgan fingerprint density at radius 3 is 2.81 bits per heavy atom. The van der Waals surface area contributed by atoms with Gasteiger partial charge in [0.15, 0.2) is 0 Å². The normalized spacial score (nSPS) is 20.5. The van der Waals surface area contributed by atoms with Crippen molar-refractivity contribution >= 4 is 5.91 Å². The number of rotatable bonds is 4. The van der Waals surface area contributed by atoms with Gasteiger partial charge >= 0.3 is 0 Å². The molecule has 1 N–H and O–H groups in total. The number of carbonyl (C=O) groups is 1. The van der Waals surface area contributed by atoms with Gasteiger partial charge in [-0.2, -0.15) is 0 Å². The number of carbonyl (C=O) groups excluding carboxylic acids is 1. The number of amides is 1. The molecule has 1 amide bonds. The first-order valence-corrected chi connectivity index (χ1v) is 6.18. The lowest BCUT2D eigenvalue weighted by molar-refractivity contribution is -0.123. The molecular weight excluding hydrogens is 198 g/mol. The van der Waals surface area contributed by atoms with Gasteiger partial charge in [0, 0.05) is 12.5 Å². The number of benzene rings is 1. The second kappa shape index (κ2) is 5.69. The molecular formula is C14H19NO. The Hall–Kier alpha value is -1.31. The Morgan fingerprint density at radius 2 is 2.06 bits per heavy atom. The van der Waals surface area contributed by atoms with E-state index in [4.69, 9.17) is 0 Å². The average molecular weight is 217 g/mol. The molecule has 2 rings (SSSR count). The quantitative estimate of drug-likeness (QED) is 0.825. The molecule has 2 heteroatoms. The van der Waals surface area contributed by atoms with Crippen LogP contribution in [-0.4, -0.2) is 11.9 Å². The molecule has 1 aromatic carbocycles. The predicted octanol–water partition coefficient (Wildman–Crippen LogP) is 2.68. The van der Waals surface area contributed by atoms with Crippen molar-refractivity contribution in [3.63, 3.8) is 0 Å². The van der Waals surface area contributed by atoms with Gasteiger partial charge in [0.1, 0.15) is 0 Å². The van der Waals surface area contributed by atoms with E-state index in [1.54, 1.807) is 0 Å². The van der Waals surface area contributed by atoms with E-state index in [0.29, 0.717) is 6.04 Å². The van der Waals surface area contributed by atoms with Crippen LogP contribution in [0.15, 0.2) is 30.3 Å². The largest absolute Gasteiger partial charge is 0.353 e. The van der Waals surface area contributed by atoms with Gasteiger partial charge in [-0.3, -0.25) is 4.79 Å². The fraction of sp³-hybridized carbons (Fsp3) is 0.500. The van der Waals surface area contributed by atoms with Crippen molar-refractivity contribution in [2.45, 2.75) is 44.6 Å². The Kier molecular flexibility index (Phi) is 3.97. The molecule has 0 bridgehead atoms. The minimum Gasteiger partial charge on any atom is -0.353 e. The van der Waals surface area contributed by atoms with Crippen LogP contribution in [0.3, 0.4) is 0 Å². The topological polar surface area (TPSA) is 29.1 Å². The Morgan fingerprint density at radius 1 is 1.25 bits per heavy atom. The predicted molar refractivity (Wildman–Crippen MR) is 65.2 cm³/mol. The second-order valence-electron chi connectivity index (χ2n) is 4.53. The van der Waals surface area contributed by atoms with Crippen molar-refractivity contribution in [3.8, 4) is 0 Å². The first kappa shape index (κ1) is 11.2. The molecule has 1 aliphatic heterocycles. The zero-order valence-electron chi connectivity index (χ0n) is 9.61. The first-order chi connectivity index (χ1) is 7.84. The van der Waals surface area contributed by atoms with Crippen molar-refractivity contribution in [2.75, 3.05) is 0 Å². The standard InChI is InChI=1S/C14H19NO/c16-14-11-5-10-13(15-14)9-4-8-12-6-2-1-3-7-12/h1-3,6-7,13H,4-5,8-11H2,(H,15,16). The molecule has 86 valence electrons. The van der Waals surface area contributed by atoms with Crippen LogP contribution < -0.4 is 5.32 Å². The molecule has 1 saturated heterocycles.